The molecule has 0 amide bonds. The second kappa shape index (κ2) is 6.78. The van der Waals surface area contributed by atoms with Crippen molar-refractivity contribution in [1.29, 1.82) is 0 Å². The number of sulfone groups is 1. The van der Waals surface area contributed by atoms with Gasteiger partial charge in [-0.25, -0.2) is 8.42 Å². The van der Waals surface area contributed by atoms with Crippen LogP contribution in [0.3, 0.4) is 0 Å². The van der Waals surface area contributed by atoms with Crippen LogP contribution in [0, 0.1) is 0 Å². The summed E-state index contributed by atoms with van der Waals surface area (Å²) in [5.41, 5.74) is 1.09. The molecule has 0 unspecified atom stereocenters. The third-order valence-corrected chi connectivity index (χ3v) is 3.34. The molecule has 17 heavy (non-hydrogen) atoms. The molecule has 0 saturated heterocycles. The van der Waals surface area contributed by atoms with Crippen molar-refractivity contribution >= 4 is 9.84 Å². The van der Waals surface area contributed by atoms with Crippen molar-refractivity contribution in [1.82, 2.24) is 9.88 Å². The van der Waals surface area contributed by atoms with Gasteiger partial charge in [-0.2, -0.15) is 0 Å². The summed E-state index contributed by atoms with van der Waals surface area (Å²) in [5, 5.41) is 3.23. The molecule has 1 rings (SSSR count). The van der Waals surface area contributed by atoms with E-state index >= 15 is 0 Å². The average molecular weight is 260 g/mol. The monoisotopic (exact) mass is 260 g/mol. The minimum Gasteiger partial charge on any atom is -0.383 e. The maximum absolute atomic E-state index is 11.1. The van der Waals surface area contributed by atoms with Crippen LogP contribution >= 0.6 is 0 Å². The van der Waals surface area contributed by atoms with Gasteiger partial charge in [-0.1, -0.05) is 0 Å². The van der Waals surface area contributed by atoms with Gasteiger partial charge in [0, 0.05) is 44.9 Å². The third kappa shape index (κ3) is 5.86. The Bertz CT molecular complexity index is 426. The molecule has 6 heteroatoms. The van der Waals surface area contributed by atoms with E-state index in [4.69, 9.17) is 4.74 Å². The minimum atomic E-state index is -2.91. The maximum atomic E-state index is 11.1. The molecule has 5 nitrogen and oxygen atoms in total. The van der Waals surface area contributed by atoms with Gasteiger partial charge in [-0.3, -0.25) is 0 Å². The van der Waals surface area contributed by atoms with Gasteiger partial charge in [-0.15, -0.1) is 0 Å². The van der Waals surface area contributed by atoms with E-state index in [-0.39, 0.29) is 5.75 Å². The first-order valence-corrected chi connectivity index (χ1v) is 7.60. The number of methoxy groups -OCH3 is 1. The number of aromatic nitrogens is 1. The Kier molecular flexibility index (Phi) is 5.67. The Labute approximate surface area is 103 Å². The zero-order valence-corrected chi connectivity index (χ0v) is 11.2. The smallest absolute Gasteiger partial charge is 0.149 e. The van der Waals surface area contributed by atoms with Gasteiger partial charge in [0.25, 0.3) is 0 Å². The Hall–Kier alpha value is -0.850. The number of rotatable bonds is 8. The zero-order valence-electron chi connectivity index (χ0n) is 10.3. The highest BCUT2D eigenvalue weighted by Gasteiger charge is 2.05. The summed E-state index contributed by atoms with van der Waals surface area (Å²) in [5.74, 6) is 0.173. The standard InChI is InChI=1S/C11H20N2O3S/c1-16-8-5-12-10-11-4-3-6-13(11)7-9-17(2,14)15/h3-4,6,12H,5,7-10H2,1-2H3. The summed E-state index contributed by atoms with van der Waals surface area (Å²) >= 11 is 0. The van der Waals surface area contributed by atoms with Gasteiger partial charge in [0.15, 0.2) is 0 Å². The molecule has 1 heterocycles. The van der Waals surface area contributed by atoms with E-state index in [0.717, 1.165) is 18.8 Å². The van der Waals surface area contributed by atoms with Gasteiger partial charge in [0.05, 0.1) is 12.4 Å². The van der Waals surface area contributed by atoms with Crippen LogP contribution in [0.2, 0.25) is 0 Å². The Morgan fingerprint density at radius 1 is 1.47 bits per heavy atom. The van der Waals surface area contributed by atoms with E-state index < -0.39 is 9.84 Å². The van der Waals surface area contributed by atoms with Crippen LogP contribution in [0.1, 0.15) is 5.69 Å². The van der Waals surface area contributed by atoms with Crippen LogP contribution in [0.4, 0.5) is 0 Å². The van der Waals surface area contributed by atoms with Crippen molar-refractivity contribution in [3.05, 3.63) is 24.0 Å². The van der Waals surface area contributed by atoms with E-state index in [1.807, 2.05) is 22.9 Å². The molecule has 0 radical (unpaired) electrons. The lowest BCUT2D eigenvalue weighted by atomic mass is 10.4. The van der Waals surface area contributed by atoms with Crippen molar-refractivity contribution in [3.8, 4) is 0 Å². The molecule has 1 aromatic heterocycles. The molecule has 1 aromatic rings. The molecular weight excluding hydrogens is 240 g/mol. The molecular formula is C11H20N2O3S. The lowest BCUT2D eigenvalue weighted by Crippen LogP contribution is -2.21. The van der Waals surface area contributed by atoms with E-state index in [9.17, 15) is 8.42 Å². The lowest BCUT2D eigenvalue weighted by Gasteiger charge is -2.09. The molecule has 0 saturated carbocycles. The van der Waals surface area contributed by atoms with Crippen LogP contribution < -0.4 is 5.32 Å². The molecule has 0 spiro atoms. The fourth-order valence-corrected chi connectivity index (χ4v) is 2.01. The fraction of sp³-hybridized carbons (Fsp3) is 0.636. The SMILES string of the molecule is COCCNCc1cccn1CCS(C)(=O)=O. The second-order valence-corrected chi connectivity index (χ2v) is 6.25. The second-order valence-electron chi connectivity index (χ2n) is 3.99. The topological polar surface area (TPSA) is 60.3 Å². The van der Waals surface area contributed by atoms with Crippen LogP contribution in [-0.2, 0) is 27.7 Å². The first kappa shape index (κ1) is 14.2. The Balaban J connectivity index is 2.43. The molecule has 0 bridgehead atoms. The molecule has 0 aliphatic rings. The van der Waals surface area contributed by atoms with Gasteiger partial charge < -0.3 is 14.6 Å². The number of nitrogens with one attached hydrogen (secondary N) is 1. The minimum absolute atomic E-state index is 0.173. The zero-order chi connectivity index (χ0) is 12.7. The van der Waals surface area contributed by atoms with E-state index in [1.165, 1.54) is 6.26 Å². The molecule has 0 atom stereocenters. The fourth-order valence-electron chi connectivity index (χ4n) is 1.48. The number of hydrogen-bond donors (Lipinski definition) is 1. The summed E-state index contributed by atoms with van der Waals surface area (Å²) in [6, 6.07) is 3.91. The summed E-state index contributed by atoms with van der Waals surface area (Å²) < 4.78 is 29.1. The van der Waals surface area contributed by atoms with Crippen LogP contribution in [0.5, 0.6) is 0 Å². The summed E-state index contributed by atoms with van der Waals surface area (Å²) in [6.07, 6.45) is 3.16. The highest BCUT2D eigenvalue weighted by atomic mass is 32.2. The van der Waals surface area contributed by atoms with Gasteiger partial charge in [-0.05, 0) is 12.1 Å². The maximum Gasteiger partial charge on any atom is 0.149 e. The third-order valence-electron chi connectivity index (χ3n) is 2.42. The van der Waals surface area contributed by atoms with Crippen LogP contribution in [-0.4, -0.2) is 45.3 Å². The number of ether oxygens (including phenoxy) is 1. The predicted octanol–water partition coefficient (Wildman–Crippen LogP) is 0.269. The number of nitrogens with zero attached hydrogens (tertiary/aromatic N) is 1. The van der Waals surface area contributed by atoms with E-state index in [2.05, 4.69) is 5.32 Å². The molecule has 98 valence electrons. The molecule has 0 aromatic carbocycles. The largest absolute Gasteiger partial charge is 0.383 e. The van der Waals surface area contributed by atoms with Crippen molar-refractivity contribution in [2.75, 3.05) is 32.3 Å². The van der Waals surface area contributed by atoms with Gasteiger partial charge in [0.1, 0.15) is 9.84 Å². The van der Waals surface area contributed by atoms with Crippen molar-refractivity contribution in [2.24, 2.45) is 0 Å². The lowest BCUT2D eigenvalue weighted by molar-refractivity contribution is 0.199. The average Bonchev–Trinajstić information content (AvgIpc) is 2.68. The van der Waals surface area contributed by atoms with Crippen molar-refractivity contribution < 1.29 is 13.2 Å². The number of hydrogen-bond acceptors (Lipinski definition) is 4. The Morgan fingerprint density at radius 3 is 2.88 bits per heavy atom. The molecule has 0 fully saturated rings. The normalized spacial score (nSPS) is 11.9. The van der Waals surface area contributed by atoms with Crippen LogP contribution in [0.15, 0.2) is 18.3 Å². The van der Waals surface area contributed by atoms with E-state index in [0.29, 0.717) is 13.2 Å². The van der Waals surface area contributed by atoms with Gasteiger partial charge >= 0.3 is 0 Å². The first-order chi connectivity index (χ1) is 8.03. The van der Waals surface area contributed by atoms with Gasteiger partial charge in [0.2, 0.25) is 0 Å². The molecule has 1 N–H and O–H groups in total. The quantitative estimate of drug-likeness (QED) is 0.682. The van der Waals surface area contributed by atoms with Crippen molar-refractivity contribution in [3.63, 3.8) is 0 Å². The van der Waals surface area contributed by atoms with E-state index in [1.54, 1.807) is 7.11 Å². The molecule has 0 aliphatic heterocycles. The van der Waals surface area contributed by atoms with Crippen molar-refractivity contribution in [2.45, 2.75) is 13.1 Å². The highest BCUT2D eigenvalue weighted by Crippen LogP contribution is 2.02. The summed E-state index contributed by atoms with van der Waals surface area (Å²) in [6.45, 7) is 2.69. The highest BCUT2D eigenvalue weighted by molar-refractivity contribution is 7.90. The van der Waals surface area contributed by atoms with Crippen LogP contribution in [0.25, 0.3) is 0 Å². The summed E-state index contributed by atoms with van der Waals surface area (Å²) in [7, 11) is -1.24. The molecule has 0 aliphatic carbocycles. The summed E-state index contributed by atoms with van der Waals surface area (Å²) in [4.78, 5) is 0. The predicted molar refractivity (Wildman–Crippen MR) is 67.7 cm³/mol. The number of aryl methyl sites for hydroxylation is 1. The Morgan fingerprint density at radius 2 is 2.24 bits per heavy atom. The first-order valence-electron chi connectivity index (χ1n) is 5.54.